The van der Waals surface area contributed by atoms with E-state index in [9.17, 15) is 4.79 Å². The van der Waals surface area contributed by atoms with Gasteiger partial charge in [-0.15, -0.1) is 0 Å². The third kappa shape index (κ3) is 3.17. The number of hydrogen-bond acceptors (Lipinski definition) is 5. The van der Waals surface area contributed by atoms with Gasteiger partial charge in [0.25, 0.3) is 5.91 Å². The third-order valence-corrected chi connectivity index (χ3v) is 2.91. The summed E-state index contributed by atoms with van der Waals surface area (Å²) in [4.78, 5) is 12.2. The monoisotopic (exact) mass is 285 g/mol. The van der Waals surface area contributed by atoms with Crippen molar-refractivity contribution in [1.82, 2.24) is 0 Å². The maximum atomic E-state index is 12.2. The number of benzene rings is 2. The molecular formula is C15H15N3O3. The number of anilines is 1. The summed E-state index contributed by atoms with van der Waals surface area (Å²) in [5.74, 6) is 0.534. The Labute approximate surface area is 122 Å². The van der Waals surface area contributed by atoms with Crippen LogP contribution in [0.4, 0.5) is 11.4 Å². The van der Waals surface area contributed by atoms with Crippen molar-refractivity contribution in [3.05, 3.63) is 48.0 Å². The molecule has 0 saturated carbocycles. The van der Waals surface area contributed by atoms with Gasteiger partial charge >= 0.3 is 0 Å². The molecule has 21 heavy (non-hydrogen) atoms. The van der Waals surface area contributed by atoms with Crippen LogP contribution in [-0.2, 0) is 0 Å². The molecule has 2 aromatic carbocycles. The van der Waals surface area contributed by atoms with Crippen molar-refractivity contribution in [2.75, 3.05) is 19.5 Å². The van der Waals surface area contributed by atoms with Gasteiger partial charge < -0.3 is 14.8 Å². The predicted molar refractivity (Wildman–Crippen MR) is 78.7 cm³/mol. The lowest BCUT2D eigenvalue weighted by Crippen LogP contribution is -2.12. The lowest BCUT2D eigenvalue weighted by molar-refractivity contribution is 0.102. The highest BCUT2D eigenvalue weighted by Gasteiger charge is 2.14. The summed E-state index contributed by atoms with van der Waals surface area (Å²) in [7, 11) is 2.95. The second-order valence-electron chi connectivity index (χ2n) is 4.16. The van der Waals surface area contributed by atoms with E-state index in [-0.39, 0.29) is 5.91 Å². The molecule has 6 heteroatoms. The molecule has 6 nitrogen and oxygen atoms in total. The Morgan fingerprint density at radius 2 is 1.76 bits per heavy atom. The Balaban J connectivity index is 2.35. The SMILES string of the molecule is COc1cc(NC(=O)c2ccccc2)c(OC)cc1N=N. The molecule has 0 aliphatic carbocycles. The van der Waals surface area contributed by atoms with E-state index in [0.29, 0.717) is 28.4 Å². The fraction of sp³-hybridized carbons (Fsp3) is 0.133. The molecule has 1 amide bonds. The third-order valence-electron chi connectivity index (χ3n) is 2.91. The molecule has 0 spiro atoms. The zero-order chi connectivity index (χ0) is 15.2. The standard InChI is InChI=1S/C15H15N3O3/c1-20-13-9-12(18-16)14(21-2)8-11(13)17-15(19)10-6-4-3-5-7-10/h3-9,16H,1-2H3,(H,17,19). The second-order valence-corrected chi connectivity index (χ2v) is 4.16. The number of hydrogen-bond donors (Lipinski definition) is 2. The highest BCUT2D eigenvalue weighted by Crippen LogP contribution is 2.38. The first-order chi connectivity index (χ1) is 10.2. The molecule has 2 aromatic rings. The molecule has 108 valence electrons. The van der Waals surface area contributed by atoms with Crippen molar-refractivity contribution in [2.45, 2.75) is 0 Å². The smallest absolute Gasteiger partial charge is 0.255 e. The van der Waals surface area contributed by atoms with Gasteiger partial charge in [-0.3, -0.25) is 4.79 Å². The number of ether oxygens (including phenoxy) is 2. The Kier molecular flexibility index (Phi) is 4.50. The van der Waals surface area contributed by atoms with E-state index in [1.807, 2.05) is 6.07 Å². The summed E-state index contributed by atoms with van der Waals surface area (Å²) in [5, 5.41) is 6.12. The number of nitrogens with one attached hydrogen (secondary N) is 2. The molecule has 0 fully saturated rings. The van der Waals surface area contributed by atoms with Gasteiger partial charge in [0.15, 0.2) is 0 Å². The van der Waals surface area contributed by atoms with Gasteiger partial charge in [-0.2, -0.15) is 5.11 Å². The fourth-order valence-electron chi connectivity index (χ4n) is 1.85. The highest BCUT2D eigenvalue weighted by atomic mass is 16.5. The van der Waals surface area contributed by atoms with Crippen molar-refractivity contribution < 1.29 is 14.3 Å². The van der Waals surface area contributed by atoms with E-state index in [0.717, 1.165) is 0 Å². The van der Waals surface area contributed by atoms with E-state index in [1.54, 1.807) is 30.3 Å². The topological polar surface area (TPSA) is 83.8 Å². The number of carbonyl (C=O) groups excluding carboxylic acids is 1. The molecule has 2 rings (SSSR count). The van der Waals surface area contributed by atoms with Gasteiger partial charge in [-0.1, -0.05) is 18.2 Å². The largest absolute Gasteiger partial charge is 0.494 e. The van der Waals surface area contributed by atoms with Gasteiger partial charge in [0.1, 0.15) is 17.2 Å². The molecule has 0 unspecified atom stereocenters. The van der Waals surface area contributed by atoms with Crippen molar-refractivity contribution >= 4 is 17.3 Å². The summed E-state index contributed by atoms with van der Waals surface area (Å²) in [5.41, 5.74) is 8.42. The molecule has 0 aromatic heterocycles. The Bertz CT molecular complexity index is 657. The first-order valence-corrected chi connectivity index (χ1v) is 6.19. The molecular weight excluding hydrogens is 270 g/mol. The molecule has 0 aliphatic heterocycles. The van der Waals surface area contributed by atoms with E-state index in [1.165, 1.54) is 20.3 Å². The molecule has 0 heterocycles. The van der Waals surface area contributed by atoms with Crippen LogP contribution in [0.15, 0.2) is 47.6 Å². The quantitative estimate of drug-likeness (QED) is 0.823. The minimum Gasteiger partial charge on any atom is -0.494 e. The molecule has 0 saturated heterocycles. The number of amides is 1. The van der Waals surface area contributed by atoms with E-state index in [4.69, 9.17) is 15.0 Å². The minimum atomic E-state index is -0.258. The van der Waals surface area contributed by atoms with Crippen LogP contribution in [0.25, 0.3) is 0 Å². The average molecular weight is 285 g/mol. The first-order valence-electron chi connectivity index (χ1n) is 6.19. The lowest BCUT2D eigenvalue weighted by atomic mass is 10.2. The summed E-state index contributed by atoms with van der Waals surface area (Å²) < 4.78 is 10.4. The van der Waals surface area contributed by atoms with Crippen molar-refractivity contribution in [2.24, 2.45) is 5.11 Å². The van der Waals surface area contributed by atoms with Crippen LogP contribution in [0.3, 0.4) is 0 Å². The van der Waals surface area contributed by atoms with Crippen LogP contribution in [0.5, 0.6) is 11.5 Å². The average Bonchev–Trinajstić information content (AvgIpc) is 2.55. The van der Waals surface area contributed by atoms with Crippen LogP contribution in [0, 0.1) is 5.53 Å². The summed E-state index contributed by atoms with van der Waals surface area (Å²) in [6.45, 7) is 0. The van der Waals surface area contributed by atoms with E-state index in [2.05, 4.69) is 10.4 Å². The highest BCUT2D eigenvalue weighted by molar-refractivity contribution is 6.05. The first kappa shape index (κ1) is 14.5. The second kappa shape index (κ2) is 6.51. The van der Waals surface area contributed by atoms with Crippen molar-refractivity contribution in [3.8, 4) is 11.5 Å². The number of rotatable bonds is 5. The maximum Gasteiger partial charge on any atom is 0.255 e. The van der Waals surface area contributed by atoms with Gasteiger partial charge in [0.2, 0.25) is 0 Å². The Hall–Kier alpha value is -2.89. The van der Waals surface area contributed by atoms with Crippen LogP contribution in [-0.4, -0.2) is 20.1 Å². The molecule has 0 radical (unpaired) electrons. The fourth-order valence-corrected chi connectivity index (χ4v) is 1.85. The maximum absolute atomic E-state index is 12.2. The zero-order valence-corrected chi connectivity index (χ0v) is 11.7. The number of carbonyl (C=O) groups is 1. The molecule has 0 bridgehead atoms. The van der Waals surface area contributed by atoms with Gasteiger partial charge in [-0.25, -0.2) is 5.53 Å². The number of methoxy groups -OCH3 is 2. The van der Waals surface area contributed by atoms with E-state index >= 15 is 0 Å². The van der Waals surface area contributed by atoms with Gasteiger partial charge in [0.05, 0.1) is 19.9 Å². The van der Waals surface area contributed by atoms with Crippen molar-refractivity contribution in [3.63, 3.8) is 0 Å². The molecule has 0 atom stereocenters. The number of nitrogens with zero attached hydrogens (tertiary/aromatic N) is 1. The van der Waals surface area contributed by atoms with Gasteiger partial charge in [-0.05, 0) is 12.1 Å². The van der Waals surface area contributed by atoms with Crippen LogP contribution >= 0.6 is 0 Å². The van der Waals surface area contributed by atoms with Crippen LogP contribution < -0.4 is 14.8 Å². The minimum absolute atomic E-state index is 0.258. The Morgan fingerprint density at radius 3 is 2.33 bits per heavy atom. The van der Waals surface area contributed by atoms with Crippen LogP contribution in [0.1, 0.15) is 10.4 Å². The molecule has 2 N–H and O–H groups in total. The summed E-state index contributed by atoms with van der Waals surface area (Å²) in [6, 6.07) is 12.0. The summed E-state index contributed by atoms with van der Waals surface area (Å²) in [6.07, 6.45) is 0. The predicted octanol–water partition coefficient (Wildman–Crippen LogP) is 3.62. The molecule has 0 aliphatic rings. The Morgan fingerprint density at radius 1 is 1.10 bits per heavy atom. The summed E-state index contributed by atoms with van der Waals surface area (Å²) >= 11 is 0. The van der Waals surface area contributed by atoms with Crippen molar-refractivity contribution in [1.29, 1.82) is 5.53 Å². The van der Waals surface area contributed by atoms with E-state index < -0.39 is 0 Å². The normalized spacial score (nSPS) is 9.81. The zero-order valence-electron chi connectivity index (χ0n) is 11.7. The van der Waals surface area contributed by atoms with Gasteiger partial charge in [0, 0.05) is 17.7 Å². The van der Waals surface area contributed by atoms with Crippen LogP contribution in [0.2, 0.25) is 0 Å². The lowest BCUT2D eigenvalue weighted by Gasteiger charge is -2.13.